The predicted molar refractivity (Wildman–Crippen MR) is 119 cm³/mol. The number of amides is 1. The molecule has 4 aromatic rings. The highest BCUT2D eigenvalue weighted by Crippen LogP contribution is 2.23. The third-order valence-electron chi connectivity index (χ3n) is 5.15. The zero-order valence-electron chi connectivity index (χ0n) is 17.8. The van der Waals surface area contributed by atoms with Crippen LogP contribution in [0.1, 0.15) is 16.8 Å². The molecule has 32 heavy (non-hydrogen) atoms. The number of hydrogen-bond acceptors (Lipinski definition) is 5. The summed E-state index contributed by atoms with van der Waals surface area (Å²) in [7, 11) is 0. The second-order valence-corrected chi connectivity index (χ2v) is 7.53. The number of carbonyl (C=O) groups excluding carboxylic acids is 1. The fourth-order valence-corrected chi connectivity index (χ4v) is 3.48. The number of aromatic nitrogens is 3. The van der Waals surface area contributed by atoms with Crippen LogP contribution in [-0.2, 0) is 11.3 Å². The van der Waals surface area contributed by atoms with Gasteiger partial charge in [0.2, 0.25) is 11.7 Å². The van der Waals surface area contributed by atoms with Crippen molar-refractivity contribution in [2.24, 2.45) is 0 Å². The second kappa shape index (κ2) is 8.58. The highest BCUT2D eigenvalue weighted by Gasteiger charge is 2.20. The van der Waals surface area contributed by atoms with Gasteiger partial charge in [0.05, 0.1) is 0 Å². The van der Waals surface area contributed by atoms with Gasteiger partial charge in [0.15, 0.2) is 0 Å². The summed E-state index contributed by atoms with van der Waals surface area (Å²) in [6, 6.07) is 15.2. The van der Waals surface area contributed by atoms with E-state index in [1.165, 1.54) is 16.7 Å². The second-order valence-electron chi connectivity index (χ2n) is 7.53. The first kappa shape index (κ1) is 21.2. The minimum absolute atomic E-state index is 0.0847. The lowest BCUT2D eigenvalue weighted by Crippen LogP contribution is -2.31. The van der Waals surface area contributed by atoms with Crippen LogP contribution < -0.4 is 10.9 Å². The van der Waals surface area contributed by atoms with E-state index in [1.54, 1.807) is 32.9 Å². The molecule has 0 saturated heterocycles. The maximum atomic E-state index is 13.5. The fourth-order valence-electron chi connectivity index (χ4n) is 3.48. The molecule has 0 aliphatic rings. The number of nitrogens with zero attached hydrogens (tertiary/aromatic N) is 3. The largest absolute Gasteiger partial charge is 0.333 e. The van der Waals surface area contributed by atoms with Crippen molar-refractivity contribution >= 4 is 11.6 Å². The maximum Gasteiger partial charge on any atom is 0.264 e. The molecule has 0 aliphatic carbocycles. The molecular formula is C24H21FN4O3. The number of nitrogens with one attached hydrogen (secondary N) is 1. The van der Waals surface area contributed by atoms with Crippen LogP contribution in [0.4, 0.5) is 10.1 Å². The van der Waals surface area contributed by atoms with Crippen molar-refractivity contribution in [2.45, 2.75) is 27.3 Å². The standard InChI is InChI=1S/C24H21FN4O3/c1-14-9-10-18(25)12-19(14)26-20(30)13-29-16(3)11-15(2)21(24(29)31)23-27-22(28-32-23)17-7-5-4-6-8-17/h4-12H,13H2,1-3H3,(H,26,30). The van der Waals surface area contributed by atoms with E-state index >= 15 is 0 Å². The van der Waals surface area contributed by atoms with Crippen LogP contribution in [0.25, 0.3) is 22.8 Å². The summed E-state index contributed by atoms with van der Waals surface area (Å²) < 4.78 is 20.2. The molecule has 2 heterocycles. The van der Waals surface area contributed by atoms with Gasteiger partial charge in [0, 0.05) is 16.9 Å². The van der Waals surface area contributed by atoms with Crippen LogP contribution in [0.2, 0.25) is 0 Å². The van der Waals surface area contributed by atoms with Gasteiger partial charge in [0.25, 0.3) is 11.4 Å². The maximum absolute atomic E-state index is 13.5. The van der Waals surface area contributed by atoms with E-state index in [-0.39, 0.29) is 18.0 Å². The summed E-state index contributed by atoms with van der Waals surface area (Å²) in [5.74, 6) is -0.455. The Labute approximate surface area is 183 Å². The lowest BCUT2D eigenvalue weighted by molar-refractivity contribution is -0.116. The Morgan fingerprint density at radius 2 is 1.81 bits per heavy atom. The smallest absolute Gasteiger partial charge is 0.264 e. The molecule has 0 spiro atoms. The third-order valence-corrected chi connectivity index (χ3v) is 5.15. The number of hydrogen-bond donors (Lipinski definition) is 1. The summed E-state index contributed by atoms with van der Waals surface area (Å²) in [5.41, 5.74) is 2.91. The number of pyridine rings is 1. The minimum atomic E-state index is -0.456. The molecule has 1 amide bonds. The quantitative estimate of drug-likeness (QED) is 0.509. The van der Waals surface area contributed by atoms with Crippen LogP contribution in [0.3, 0.4) is 0 Å². The van der Waals surface area contributed by atoms with Crippen LogP contribution in [-0.4, -0.2) is 20.6 Å². The fraction of sp³-hybridized carbons (Fsp3) is 0.167. The van der Waals surface area contributed by atoms with Crippen LogP contribution in [0, 0.1) is 26.6 Å². The highest BCUT2D eigenvalue weighted by molar-refractivity contribution is 5.91. The van der Waals surface area contributed by atoms with E-state index in [4.69, 9.17) is 4.52 Å². The summed E-state index contributed by atoms with van der Waals surface area (Å²) in [6.45, 7) is 5.03. The average molecular weight is 432 g/mol. The molecule has 0 atom stereocenters. The topological polar surface area (TPSA) is 90.0 Å². The predicted octanol–water partition coefficient (Wildman–Crippen LogP) is 4.27. The summed E-state index contributed by atoms with van der Waals surface area (Å²) >= 11 is 0. The molecular weight excluding hydrogens is 411 g/mol. The Kier molecular flexibility index (Phi) is 5.68. The highest BCUT2D eigenvalue weighted by atomic mass is 19.1. The first-order valence-corrected chi connectivity index (χ1v) is 10.00. The van der Waals surface area contributed by atoms with E-state index in [1.807, 2.05) is 30.3 Å². The summed E-state index contributed by atoms with van der Waals surface area (Å²) in [5, 5.41) is 6.65. The van der Waals surface area contributed by atoms with Crippen molar-refractivity contribution in [2.75, 3.05) is 5.32 Å². The van der Waals surface area contributed by atoms with E-state index in [2.05, 4.69) is 15.5 Å². The van der Waals surface area contributed by atoms with Gasteiger partial charge in [-0.3, -0.25) is 9.59 Å². The molecule has 7 nitrogen and oxygen atoms in total. The number of aryl methyl sites for hydroxylation is 3. The van der Waals surface area contributed by atoms with Crippen molar-refractivity contribution < 1.29 is 13.7 Å². The zero-order valence-corrected chi connectivity index (χ0v) is 17.8. The monoisotopic (exact) mass is 432 g/mol. The van der Waals surface area contributed by atoms with Crippen molar-refractivity contribution in [3.05, 3.63) is 87.6 Å². The number of carbonyl (C=O) groups is 1. The van der Waals surface area contributed by atoms with Crippen LogP contribution >= 0.6 is 0 Å². The van der Waals surface area contributed by atoms with Crippen molar-refractivity contribution in [1.29, 1.82) is 0 Å². The third kappa shape index (κ3) is 4.20. The molecule has 162 valence electrons. The molecule has 2 aromatic heterocycles. The van der Waals surface area contributed by atoms with Gasteiger partial charge >= 0.3 is 0 Å². The minimum Gasteiger partial charge on any atom is -0.333 e. The summed E-state index contributed by atoms with van der Waals surface area (Å²) in [4.78, 5) is 30.3. The van der Waals surface area contributed by atoms with Crippen molar-refractivity contribution in [1.82, 2.24) is 14.7 Å². The lowest BCUT2D eigenvalue weighted by atomic mass is 10.1. The molecule has 0 aliphatic heterocycles. The molecule has 8 heteroatoms. The van der Waals surface area contributed by atoms with Gasteiger partial charge in [0.1, 0.15) is 17.9 Å². The van der Waals surface area contributed by atoms with Gasteiger partial charge in [-0.15, -0.1) is 0 Å². The normalized spacial score (nSPS) is 10.9. The molecule has 0 saturated carbocycles. The average Bonchev–Trinajstić information content (AvgIpc) is 3.24. The molecule has 0 unspecified atom stereocenters. The number of benzene rings is 2. The van der Waals surface area contributed by atoms with Gasteiger partial charge in [-0.25, -0.2) is 4.39 Å². The Morgan fingerprint density at radius 3 is 2.56 bits per heavy atom. The Bertz CT molecular complexity index is 1360. The van der Waals surface area contributed by atoms with E-state index in [9.17, 15) is 14.0 Å². The Morgan fingerprint density at radius 1 is 1.06 bits per heavy atom. The van der Waals surface area contributed by atoms with Gasteiger partial charge < -0.3 is 14.4 Å². The van der Waals surface area contributed by atoms with Crippen LogP contribution in [0.15, 0.2) is 63.9 Å². The zero-order chi connectivity index (χ0) is 22.8. The van der Waals surface area contributed by atoms with E-state index in [0.29, 0.717) is 28.3 Å². The first-order valence-electron chi connectivity index (χ1n) is 10.00. The van der Waals surface area contributed by atoms with E-state index in [0.717, 1.165) is 5.56 Å². The molecule has 0 fully saturated rings. The van der Waals surface area contributed by atoms with Gasteiger partial charge in [-0.05, 0) is 50.1 Å². The number of anilines is 1. The molecule has 2 aromatic carbocycles. The van der Waals surface area contributed by atoms with Crippen molar-refractivity contribution in [3.63, 3.8) is 0 Å². The van der Waals surface area contributed by atoms with Crippen molar-refractivity contribution in [3.8, 4) is 22.8 Å². The first-order chi connectivity index (χ1) is 15.3. The SMILES string of the molecule is Cc1ccc(F)cc1NC(=O)Cn1c(C)cc(C)c(-c2nc(-c3ccccc3)no2)c1=O. The molecule has 4 rings (SSSR count). The van der Waals surface area contributed by atoms with E-state index < -0.39 is 17.3 Å². The van der Waals surface area contributed by atoms with Crippen LogP contribution in [0.5, 0.6) is 0 Å². The van der Waals surface area contributed by atoms with Gasteiger partial charge in [-0.1, -0.05) is 41.6 Å². The Balaban J connectivity index is 1.66. The number of halogens is 1. The number of rotatable bonds is 5. The molecule has 0 radical (unpaired) electrons. The lowest BCUT2D eigenvalue weighted by Gasteiger charge is -2.14. The Hall–Kier alpha value is -4.07. The molecule has 1 N–H and O–H groups in total. The summed E-state index contributed by atoms with van der Waals surface area (Å²) in [6.07, 6.45) is 0. The van der Waals surface area contributed by atoms with Gasteiger partial charge in [-0.2, -0.15) is 4.98 Å². The molecule has 0 bridgehead atoms.